The van der Waals surface area contributed by atoms with Gasteiger partial charge in [-0.1, -0.05) is 0 Å². The van der Waals surface area contributed by atoms with Gasteiger partial charge in [0.05, 0.1) is 13.2 Å². The standard InChI is InChI=1S/C10H15NO3/c1-11-6-9(13)8-5-7(12)3-4-10(8)14-2/h3-5,9,11-13H,6H2,1-2H3/t9-/m0/s1. The van der Waals surface area contributed by atoms with Gasteiger partial charge in [-0.25, -0.2) is 0 Å². The number of aromatic hydroxyl groups is 1. The molecule has 1 rings (SSSR count). The second-order valence-corrected chi connectivity index (χ2v) is 3.00. The minimum Gasteiger partial charge on any atom is -0.508 e. The molecule has 0 saturated carbocycles. The number of aliphatic hydroxyl groups is 1. The molecular weight excluding hydrogens is 182 g/mol. The van der Waals surface area contributed by atoms with E-state index < -0.39 is 6.10 Å². The Hall–Kier alpha value is -1.26. The fourth-order valence-electron chi connectivity index (χ4n) is 1.29. The average Bonchev–Trinajstić information content (AvgIpc) is 2.18. The summed E-state index contributed by atoms with van der Waals surface area (Å²) in [6, 6.07) is 4.65. The van der Waals surface area contributed by atoms with Crippen LogP contribution in [-0.2, 0) is 0 Å². The zero-order valence-corrected chi connectivity index (χ0v) is 8.32. The molecule has 0 aliphatic rings. The molecule has 78 valence electrons. The molecule has 0 aliphatic carbocycles. The normalized spacial score (nSPS) is 12.5. The number of methoxy groups -OCH3 is 1. The molecule has 4 heteroatoms. The summed E-state index contributed by atoms with van der Waals surface area (Å²) in [6.45, 7) is 0.416. The zero-order valence-electron chi connectivity index (χ0n) is 8.32. The maximum Gasteiger partial charge on any atom is 0.124 e. The minimum absolute atomic E-state index is 0.121. The molecule has 0 aliphatic heterocycles. The van der Waals surface area contributed by atoms with Crippen molar-refractivity contribution in [1.82, 2.24) is 5.32 Å². The molecule has 3 N–H and O–H groups in total. The number of aliphatic hydroxyl groups excluding tert-OH is 1. The number of hydrogen-bond donors (Lipinski definition) is 3. The second-order valence-electron chi connectivity index (χ2n) is 3.00. The SMILES string of the molecule is CNC[C@H](O)c1cc(O)ccc1OC. The van der Waals surface area contributed by atoms with Crippen molar-refractivity contribution in [3.8, 4) is 11.5 Å². The highest BCUT2D eigenvalue weighted by Crippen LogP contribution is 2.28. The van der Waals surface area contributed by atoms with E-state index in [4.69, 9.17) is 4.74 Å². The van der Waals surface area contributed by atoms with Gasteiger partial charge in [0, 0.05) is 12.1 Å². The molecule has 4 nitrogen and oxygen atoms in total. The van der Waals surface area contributed by atoms with Crippen molar-refractivity contribution in [1.29, 1.82) is 0 Å². The highest BCUT2D eigenvalue weighted by Gasteiger charge is 2.12. The van der Waals surface area contributed by atoms with Crippen molar-refractivity contribution in [2.75, 3.05) is 20.7 Å². The molecule has 0 saturated heterocycles. The van der Waals surface area contributed by atoms with Gasteiger partial charge in [0.15, 0.2) is 0 Å². The molecule has 0 unspecified atom stereocenters. The fourth-order valence-corrected chi connectivity index (χ4v) is 1.29. The molecule has 0 fully saturated rings. The molecule has 0 aromatic heterocycles. The first-order valence-corrected chi connectivity index (χ1v) is 4.38. The van der Waals surface area contributed by atoms with E-state index in [1.54, 1.807) is 13.1 Å². The van der Waals surface area contributed by atoms with Gasteiger partial charge < -0.3 is 20.3 Å². The van der Waals surface area contributed by atoms with Gasteiger partial charge in [0.25, 0.3) is 0 Å². The lowest BCUT2D eigenvalue weighted by Gasteiger charge is -2.14. The van der Waals surface area contributed by atoms with Gasteiger partial charge >= 0.3 is 0 Å². The number of phenolic OH excluding ortho intramolecular Hbond substituents is 1. The van der Waals surface area contributed by atoms with Gasteiger partial charge in [0.2, 0.25) is 0 Å². The summed E-state index contributed by atoms with van der Waals surface area (Å²) in [4.78, 5) is 0. The van der Waals surface area contributed by atoms with E-state index in [1.807, 2.05) is 0 Å². The Morgan fingerprint density at radius 1 is 1.50 bits per heavy atom. The van der Waals surface area contributed by atoms with Crippen LogP contribution in [0.2, 0.25) is 0 Å². The van der Waals surface area contributed by atoms with Crippen LogP contribution in [-0.4, -0.2) is 30.9 Å². The van der Waals surface area contributed by atoms with E-state index in [-0.39, 0.29) is 5.75 Å². The van der Waals surface area contributed by atoms with Crippen LogP contribution in [0.3, 0.4) is 0 Å². The Kier molecular flexibility index (Phi) is 3.73. The number of ether oxygens (including phenoxy) is 1. The quantitative estimate of drug-likeness (QED) is 0.663. The summed E-state index contributed by atoms with van der Waals surface area (Å²) < 4.78 is 5.07. The van der Waals surface area contributed by atoms with Gasteiger partial charge in [0.1, 0.15) is 11.5 Å². The van der Waals surface area contributed by atoms with Gasteiger partial charge in [-0.3, -0.25) is 0 Å². The van der Waals surface area contributed by atoms with E-state index in [0.29, 0.717) is 17.9 Å². The van der Waals surface area contributed by atoms with Crippen LogP contribution in [0.4, 0.5) is 0 Å². The summed E-state index contributed by atoms with van der Waals surface area (Å²) in [6.07, 6.45) is -0.679. The fraction of sp³-hybridized carbons (Fsp3) is 0.400. The topological polar surface area (TPSA) is 61.7 Å². The molecular formula is C10H15NO3. The average molecular weight is 197 g/mol. The van der Waals surface area contributed by atoms with Crippen molar-refractivity contribution in [3.63, 3.8) is 0 Å². The predicted octanol–water partition coefficient (Wildman–Crippen LogP) is 0.654. The first kappa shape index (κ1) is 10.8. The second kappa shape index (κ2) is 4.83. The van der Waals surface area contributed by atoms with Gasteiger partial charge in [-0.05, 0) is 25.2 Å². The molecule has 1 atom stereocenters. The maximum absolute atomic E-state index is 9.70. The summed E-state index contributed by atoms with van der Waals surface area (Å²) in [7, 11) is 3.28. The third-order valence-electron chi connectivity index (χ3n) is 1.97. The Balaban J connectivity index is 2.97. The van der Waals surface area contributed by atoms with Crippen LogP contribution in [0.5, 0.6) is 11.5 Å². The van der Waals surface area contributed by atoms with E-state index >= 15 is 0 Å². The molecule has 0 heterocycles. The lowest BCUT2D eigenvalue weighted by Crippen LogP contribution is -2.17. The Morgan fingerprint density at radius 2 is 2.21 bits per heavy atom. The molecule has 0 amide bonds. The molecule has 0 bridgehead atoms. The van der Waals surface area contributed by atoms with E-state index in [0.717, 1.165) is 0 Å². The first-order valence-electron chi connectivity index (χ1n) is 4.38. The van der Waals surface area contributed by atoms with Crippen LogP contribution >= 0.6 is 0 Å². The number of phenols is 1. The Labute approximate surface area is 83.1 Å². The lowest BCUT2D eigenvalue weighted by molar-refractivity contribution is 0.173. The van der Waals surface area contributed by atoms with Crippen molar-refractivity contribution >= 4 is 0 Å². The van der Waals surface area contributed by atoms with Crippen LogP contribution in [0.15, 0.2) is 18.2 Å². The minimum atomic E-state index is -0.679. The molecule has 1 aromatic carbocycles. The summed E-state index contributed by atoms with van der Waals surface area (Å²) in [5.74, 6) is 0.696. The predicted molar refractivity (Wildman–Crippen MR) is 53.5 cm³/mol. The summed E-state index contributed by atoms with van der Waals surface area (Å²) >= 11 is 0. The van der Waals surface area contributed by atoms with Crippen molar-refractivity contribution in [2.24, 2.45) is 0 Å². The number of benzene rings is 1. The highest BCUT2D eigenvalue weighted by molar-refractivity contribution is 5.41. The van der Waals surface area contributed by atoms with Crippen molar-refractivity contribution in [3.05, 3.63) is 23.8 Å². The largest absolute Gasteiger partial charge is 0.508 e. The van der Waals surface area contributed by atoms with Crippen molar-refractivity contribution in [2.45, 2.75) is 6.10 Å². The highest BCUT2D eigenvalue weighted by atomic mass is 16.5. The Morgan fingerprint density at radius 3 is 2.79 bits per heavy atom. The van der Waals surface area contributed by atoms with E-state index in [9.17, 15) is 10.2 Å². The van der Waals surface area contributed by atoms with E-state index in [1.165, 1.54) is 19.2 Å². The number of nitrogens with one attached hydrogen (secondary N) is 1. The summed E-state index contributed by atoms with van der Waals surface area (Å²) in [5.41, 5.74) is 0.585. The van der Waals surface area contributed by atoms with Gasteiger partial charge in [-0.15, -0.1) is 0 Å². The van der Waals surface area contributed by atoms with Crippen LogP contribution in [0.25, 0.3) is 0 Å². The third-order valence-corrected chi connectivity index (χ3v) is 1.97. The summed E-state index contributed by atoms with van der Waals surface area (Å²) in [5, 5.41) is 21.8. The molecule has 0 radical (unpaired) electrons. The molecule has 1 aromatic rings. The first-order chi connectivity index (χ1) is 6.69. The Bertz CT molecular complexity index is 301. The zero-order chi connectivity index (χ0) is 10.6. The number of rotatable bonds is 4. The van der Waals surface area contributed by atoms with Crippen molar-refractivity contribution < 1.29 is 14.9 Å². The molecule has 14 heavy (non-hydrogen) atoms. The molecule has 0 spiro atoms. The maximum atomic E-state index is 9.70. The number of hydrogen-bond acceptors (Lipinski definition) is 4. The van der Waals surface area contributed by atoms with Crippen LogP contribution in [0.1, 0.15) is 11.7 Å². The number of likely N-dealkylation sites (N-methyl/N-ethyl adjacent to an activating group) is 1. The van der Waals surface area contributed by atoms with Crippen LogP contribution < -0.4 is 10.1 Å². The van der Waals surface area contributed by atoms with Crippen LogP contribution in [0, 0.1) is 0 Å². The van der Waals surface area contributed by atoms with E-state index in [2.05, 4.69) is 5.32 Å². The third kappa shape index (κ3) is 2.37. The smallest absolute Gasteiger partial charge is 0.124 e. The lowest BCUT2D eigenvalue weighted by atomic mass is 10.1. The van der Waals surface area contributed by atoms with Gasteiger partial charge in [-0.2, -0.15) is 0 Å². The monoisotopic (exact) mass is 197 g/mol.